The van der Waals surface area contributed by atoms with Crippen LogP contribution in [0.2, 0.25) is 0 Å². The third kappa shape index (κ3) is 4.18. The fourth-order valence-corrected chi connectivity index (χ4v) is 1.28. The van der Waals surface area contributed by atoms with E-state index < -0.39 is 6.04 Å². The van der Waals surface area contributed by atoms with E-state index in [-0.39, 0.29) is 23.7 Å². The van der Waals surface area contributed by atoms with E-state index in [1.807, 2.05) is 13.8 Å². The van der Waals surface area contributed by atoms with Crippen LogP contribution in [0.1, 0.15) is 26.7 Å². The molecule has 0 saturated heterocycles. The second-order valence-electron chi connectivity index (χ2n) is 4.63. The molecule has 0 bridgehead atoms. The zero-order valence-corrected chi connectivity index (χ0v) is 9.95. The molecule has 1 aliphatic carbocycles. The maximum atomic E-state index is 11.4. The normalized spacial score (nSPS) is 17.0. The molecule has 0 heterocycles. The fourth-order valence-electron chi connectivity index (χ4n) is 1.28. The van der Waals surface area contributed by atoms with E-state index in [4.69, 9.17) is 5.73 Å². The Morgan fingerprint density at radius 3 is 2.31 bits per heavy atom. The molecule has 2 amide bonds. The number of hydrogen-bond donors (Lipinski definition) is 3. The van der Waals surface area contributed by atoms with Crippen molar-refractivity contribution in [2.24, 2.45) is 17.6 Å². The Balaban J connectivity index is 2.05. The molecule has 0 aliphatic heterocycles. The summed E-state index contributed by atoms with van der Waals surface area (Å²) in [5.74, 6) is 0.285. The van der Waals surface area contributed by atoms with Crippen LogP contribution in [-0.2, 0) is 9.59 Å². The highest BCUT2D eigenvalue weighted by Crippen LogP contribution is 2.28. The molecule has 0 radical (unpaired) electrons. The molecule has 0 aromatic heterocycles. The van der Waals surface area contributed by atoms with Gasteiger partial charge < -0.3 is 16.4 Å². The van der Waals surface area contributed by atoms with E-state index in [1.165, 1.54) is 0 Å². The molecule has 1 saturated carbocycles. The highest BCUT2D eigenvalue weighted by molar-refractivity contribution is 5.82. The van der Waals surface area contributed by atoms with Gasteiger partial charge >= 0.3 is 0 Å². The summed E-state index contributed by atoms with van der Waals surface area (Å²) in [6.45, 7) is 4.72. The molecule has 0 unspecified atom stereocenters. The predicted molar refractivity (Wildman–Crippen MR) is 61.6 cm³/mol. The van der Waals surface area contributed by atoms with Gasteiger partial charge in [0.2, 0.25) is 11.8 Å². The van der Waals surface area contributed by atoms with Crippen LogP contribution in [0.5, 0.6) is 0 Å². The van der Waals surface area contributed by atoms with Gasteiger partial charge in [-0.15, -0.1) is 0 Å². The Morgan fingerprint density at radius 2 is 1.81 bits per heavy atom. The first-order valence-electron chi connectivity index (χ1n) is 5.83. The lowest BCUT2D eigenvalue weighted by atomic mass is 10.1. The molecule has 0 aromatic rings. The molecule has 1 fully saturated rings. The van der Waals surface area contributed by atoms with Gasteiger partial charge in [-0.2, -0.15) is 0 Å². The molecule has 5 nitrogen and oxygen atoms in total. The van der Waals surface area contributed by atoms with Crippen molar-refractivity contribution in [3.63, 3.8) is 0 Å². The second-order valence-corrected chi connectivity index (χ2v) is 4.63. The van der Waals surface area contributed by atoms with Gasteiger partial charge in [0.1, 0.15) is 0 Å². The summed E-state index contributed by atoms with van der Waals surface area (Å²) in [5.41, 5.74) is 5.66. The number of rotatable bonds is 6. The van der Waals surface area contributed by atoms with Crippen molar-refractivity contribution in [1.82, 2.24) is 10.6 Å². The molecular weight excluding hydrogens is 206 g/mol. The van der Waals surface area contributed by atoms with Gasteiger partial charge in [0.05, 0.1) is 6.04 Å². The molecule has 1 aliphatic rings. The van der Waals surface area contributed by atoms with Crippen LogP contribution >= 0.6 is 0 Å². The van der Waals surface area contributed by atoms with Crippen molar-refractivity contribution < 1.29 is 9.59 Å². The van der Waals surface area contributed by atoms with Crippen LogP contribution in [0, 0.1) is 11.8 Å². The minimum absolute atomic E-state index is 0.0995. The summed E-state index contributed by atoms with van der Waals surface area (Å²) in [6, 6.07) is -0.473. The first kappa shape index (κ1) is 13.0. The number of nitrogens with two attached hydrogens (primary N) is 1. The predicted octanol–water partition coefficient (Wildman–Crippen LogP) is -0.388. The largest absolute Gasteiger partial charge is 0.354 e. The SMILES string of the molecule is CC(C)[C@H](N)C(=O)NCCNC(=O)C1CC1. The van der Waals surface area contributed by atoms with Gasteiger partial charge in [0, 0.05) is 19.0 Å². The van der Waals surface area contributed by atoms with Gasteiger partial charge in [0.15, 0.2) is 0 Å². The highest BCUT2D eigenvalue weighted by Gasteiger charge is 2.29. The first-order valence-corrected chi connectivity index (χ1v) is 5.83. The molecule has 1 rings (SSSR count). The maximum Gasteiger partial charge on any atom is 0.237 e. The summed E-state index contributed by atoms with van der Waals surface area (Å²) in [7, 11) is 0. The van der Waals surface area contributed by atoms with Crippen LogP contribution in [-0.4, -0.2) is 30.9 Å². The van der Waals surface area contributed by atoms with Gasteiger partial charge in [-0.1, -0.05) is 13.8 Å². The van der Waals surface area contributed by atoms with Gasteiger partial charge in [-0.3, -0.25) is 9.59 Å². The summed E-state index contributed by atoms with van der Waals surface area (Å²) < 4.78 is 0. The highest BCUT2D eigenvalue weighted by atomic mass is 16.2. The van der Waals surface area contributed by atoms with Gasteiger partial charge in [-0.05, 0) is 18.8 Å². The molecule has 5 heteroatoms. The third-order valence-corrected chi connectivity index (χ3v) is 2.69. The Kier molecular flexibility index (Phi) is 4.73. The molecule has 92 valence electrons. The Hall–Kier alpha value is -1.10. The summed E-state index contributed by atoms with van der Waals surface area (Å²) in [6.07, 6.45) is 1.99. The topological polar surface area (TPSA) is 84.2 Å². The fraction of sp³-hybridized carbons (Fsp3) is 0.818. The van der Waals surface area contributed by atoms with E-state index >= 15 is 0 Å². The van der Waals surface area contributed by atoms with E-state index in [9.17, 15) is 9.59 Å². The van der Waals surface area contributed by atoms with Crippen molar-refractivity contribution in [2.45, 2.75) is 32.7 Å². The number of amides is 2. The van der Waals surface area contributed by atoms with E-state index in [2.05, 4.69) is 10.6 Å². The minimum atomic E-state index is -0.473. The van der Waals surface area contributed by atoms with Crippen LogP contribution < -0.4 is 16.4 Å². The number of nitrogens with one attached hydrogen (secondary N) is 2. The average Bonchev–Trinajstić information content (AvgIpc) is 3.05. The van der Waals surface area contributed by atoms with Crippen molar-refractivity contribution in [2.75, 3.05) is 13.1 Å². The molecule has 1 atom stereocenters. The molecule has 0 aromatic carbocycles. The Bertz CT molecular complexity index is 262. The summed E-state index contributed by atoms with van der Waals surface area (Å²) in [4.78, 5) is 22.7. The van der Waals surface area contributed by atoms with Crippen molar-refractivity contribution in [1.29, 1.82) is 0 Å². The third-order valence-electron chi connectivity index (χ3n) is 2.69. The summed E-state index contributed by atoms with van der Waals surface area (Å²) in [5, 5.41) is 5.47. The van der Waals surface area contributed by atoms with E-state index in [1.54, 1.807) is 0 Å². The standard InChI is InChI=1S/C11H21N3O2/c1-7(2)9(12)11(16)14-6-5-13-10(15)8-3-4-8/h7-9H,3-6,12H2,1-2H3,(H,13,15)(H,14,16)/t9-/m0/s1. The lowest BCUT2D eigenvalue weighted by Gasteiger charge is -2.15. The lowest BCUT2D eigenvalue weighted by Crippen LogP contribution is -2.46. The van der Waals surface area contributed by atoms with Crippen molar-refractivity contribution in [3.05, 3.63) is 0 Å². The van der Waals surface area contributed by atoms with Crippen LogP contribution in [0.15, 0.2) is 0 Å². The Labute approximate surface area is 96.1 Å². The molecular formula is C11H21N3O2. The quantitative estimate of drug-likeness (QED) is 0.540. The minimum Gasteiger partial charge on any atom is -0.354 e. The van der Waals surface area contributed by atoms with Crippen LogP contribution in [0.25, 0.3) is 0 Å². The van der Waals surface area contributed by atoms with E-state index in [0.29, 0.717) is 13.1 Å². The van der Waals surface area contributed by atoms with Crippen molar-refractivity contribution >= 4 is 11.8 Å². The first-order chi connectivity index (χ1) is 7.52. The molecule has 0 spiro atoms. The summed E-state index contributed by atoms with van der Waals surface area (Å²) >= 11 is 0. The second kappa shape index (κ2) is 5.84. The lowest BCUT2D eigenvalue weighted by molar-refractivity contribution is -0.124. The Morgan fingerprint density at radius 1 is 1.25 bits per heavy atom. The maximum absolute atomic E-state index is 11.4. The molecule has 4 N–H and O–H groups in total. The van der Waals surface area contributed by atoms with Crippen LogP contribution in [0.4, 0.5) is 0 Å². The zero-order chi connectivity index (χ0) is 12.1. The van der Waals surface area contributed by atoms with Gasteiger partial charge in [0.25, 0.3) is 0 Å². The van der Waals surface area contributed by atoms with Gasteiger partial charge in [-0.25, -0.2) is 0 Å². The molecule has 16 heavy (non-hydrogen) atoms. The van der Waals surface area contributed by atoms with E-state index in [0.717, 1.165) is 12.8 Å². The number of carbonyl (C=O) groups is 2. The number of carbonyl (C=O) groups excluding carboxylic acids is 2. The smallest absolute Gasteiger partial charge is 0.237 e. The monoisotopic (exact) mass is 227 g/mol. The number of hydrogen-bond acceptors (Lipinski definition) is 3. The van der Waals surface area contributed by atoms with Crippen LogP contribution in [0.3, 0.4) is 0 Å². The van der Waals surface area contributed by atoms with Crippen molar-refractivity contribution in [3.8, 4) is 0 Å². The zero-order valence-electron chi connectivity index (χ0n) is 9.95. The average molecular weight is 227 g/mol.